The Balaban J connectivity index is 1.95. The summed E-state index contributed by atoms with van der Waals surface area (Å²) in [5, 5.41) is 1.97. The minimum absolute atomic E-state index is 0.130. The molecule has 0 N–H and O–H groups in total. The van der Waals surface area contributed by atoms with Crippen LogP contribution in [0.15, 0.2) is 36.5 Å². The SMILES string of the molecule is O=C(c1cccc2cccnc12)N1CCCCC1CCBr. The Bertz CT molecular complexity index is 636. The van der Waals surface area contributed by atoms with Gasteiger partial charge in [-0.2, -0.15) is 0 Å². The van der Waals surface area contributed by atoms with Crippen LogP contribution < -0.4 is 0 Å². The lowest BCUT2D eigenvalue weighted by atomic mass is 9.98. The number of aromatic nitrogens is 1. The van der Waals surface area contributed by atoms with E-state index in [9.17, 15) is 4.79 Å². The number of hydrogen-bond donors (Lipinski definition) is 0. The molecule has 1 unspecified atom stereocenters. The molecule has 4 heteroatoms. The maximum Gasteiger partial charge on any atom is 0.256 e. The Morgan fingerprint density at radius 3 is 3.00 bits per heavy atom. The standard InChI is InChI=1S/C17H19BrN2O/c18-10-9-14-7-1-2-12-20(14)17(21)15-8-3-5-13-6-4-11-19-16(13)15/h3-6,8,11,14H,1-2,7,9-10,12H2. The van der Waals surface area contributed by atoms with Crippen molar-refractivity contribution in [1.82, 2.24) is 9.88 Å². The van der Waals surface area contributed by atoms with E-state index in [0.29, 0.717) is 6.04 Å². The van der Waals surface area contributed by atoms with Crippen molar-refractivity contribution in [2.75, 3.05) is 11.9 Å². The highest BCUT2D eigenvalue weighted by Crippen LogP contribution is 2.25. The molecule has 1 fully saturated rings. The van der Waals surface area contributed by atoms with Crippen LogP contribution in [0.1, 0.15) is 36.0 Å². The summed E-state index contributed by atoms with van der Waals surface area (Å²) < 4.78 is 0. The van der Waals surface area contributed by atoms with Gasteiger partial charge in [-0.1, -0.05) is 34.1 Å². The van der Waals surface area contributed by atoms with Crippen molar-refractivity contribution in [3.8, 4) is 0 Å². The Kier molecular flexibility index (Phi) is 4.54. The second kappa shape index (κ2) is 6.56. The summed E-state index contributed by atoms with van der Waals surface area (Å²) in [6.45, 7) is 0.861. The van der Waals surface area contributed by atoms with E-state index in [1.54, 1.807) is 6.20 Å². The van der Waals surface area contributed by atoms with Crippen LogP contribution in [0, 0.1) is 0 Å². The molecular formula is C17H19BrN2O. The number of nitrogens with zero attached hydrogens (tertiary/aromatic N) is 2. The van der Waals surface area contributed by atoms with E-state index in [1.165, 1.54) is 6.42 Å². The molecule has 1 amide bonds. The molecule has 1 aromatic heterocycles. The van der Waals surface area contributed by atoms with Crippen LogP contribution >= 0.6 is 15.9 Å². The molecule has 1 aromatic carbocycles. The number of carbonyl (C=O) groups is 1. The summed E-state index contributed by atoms with van der Waals surface area (Å²) in [6.07, 6.45) is 6.20. The number of fused-ring (bicyclic) bond motifs is 1. The molecule has 2 heterocycles. The fourth-order valence-corrected chi connectivity index (χ4v) is 3.65. The maximum absolute atomic E-state index is 13.0. The fraction of sp³-hybridized carbons (Fsp3) is 0.412. The highest BCUT2D eigenvalue weighted by atomic mass is 79.9. The minimum atomic E-state index is 0.130. The van der Waals surface area contributed by atoms with Crippen molar-refractivity contribution in [2.24, 2.45) is 0 Å². The van der Waals surface area contributed by atoms with Gasteiger partial charge in [0.2, 0.25) is 0 Å². The lowest BCUT2D eigenvalue weighted by Gasteiger charge is -2.35. The summed E-state index contributed by atoms with van der Waals surface area (Å²) in [4.78, 5) is 19.4. The number of rotatable bonds is 3. The van der Waals surface area contributed by atoms with Crippen molar-refractivity contribution in [1.29, 1.82) is 0 Å². The van der Waals surface area contributed by atoms with Crippen molar-refractivity contribution in [3.05, 3.63) is 42.1 Å². The van der Waals surface area contributed by atoms with E-state index in [0.717, 1.165) is 47.6 Å². The largest absolute Gasteiger partial charge is 0.336 e. The summed E-state index contributed by atoms with van der Waals surface area (Å²) in [7, 11) is 0. The number of alkyl halides is 1. The van der Waals surface area contributed by atoms with Crippen molar-refractivity contribution in [3.63, 3.8) is 0 Å². The van der Waals surface area contributed by atoms with Crippen LogP contribution in [0.3, 0.4) is 0 Å². The first-order chi connectivity index (χ1) is 10.3. The first-order valence-electron chi connectivity index (χ1n) is 7.52. The third-order valence-electron chi connectivity index (χ3n) is 4.19. The normalized spacial score (nSPS) is 18.9. The molecule has 1 saturated heterocycles. The highest BCUT2D eigenvalue weighted by molar-refractivity contribution is 9.09. The molecule has 110 valence electrons. The zero-order valence-corrected chi connectivity index (χ0v) is 13.6. The lowest BCUT2D eigenvalue weighted by Crippen LogP contribution is -2.44. The van der Waals surface area contributed by atoms with Crippen molar-refractivity contribution >= 4 is 32.7 Å². The number of hydrogen-bond acceptors (Lipinski definition) is 2. The van der Waals surface area contributed by atoms with Crippen molar-refractivity contribution < 1.29 is 4.79 Å². The maximum atomic E-state index is 13.0. The van der Waals surface area contributed by atoms with Gasteiger partial charge in [-0.3, -0.25) is 9.78 Å². The average molecular weight is 347 g/mol. The van der Waals surface area contributed by atoms with E-state index in [-0.39, 0.29) is 5.91 Å². The molecule has 3 rings (SSSR count). The second-order valence-electron chi connectivity index (χ2n) is 5.51. The first kappa shape index (κ1) is 14.5. The number of carbonyl (C=O) groups excluding carboxylic acids is 1. The number of benzene rings is 1. The van der Waals surface area contributed by atoms with E-state index < -0.39 is 0 Å². The van der Waals surface area contributed by atoms with E-state index in [2.05, 4.69) is 20.9 Å². The summed E-state index contributed by atoms with van der Waals surface area (Å²) in [5.41, 5.74) is 1.54. The first-order valence-corrected chi connectivity index (χ1v) is 8.64. The van der Waals surface area contributed by atoms with Gasteiger partial charge in [-0.25, -0.2) is 0 Å². The van der Waals surface area contributed by atoms with Gasteiger partial charge in [-0.05, 0) is 37.8 Å². The molecule has 3 nitrogen and oxygen atoms in total. The molecule has 0 radical (unpaired) electrons. The zero-order chi connectivity index (χ0) is 14.7. The Labute approximate surface area is 133 Å². The van der Waals surface area contributed by atoms with Crippen LogP contribution in [0.2, 0.25) is 0 Å². The predicted molar refractivity (Wildman–Crippen MR) is 88.8 cm³/mol. The Morgan fingerprint density at radius 1 is 1.29 bits per heavy atom. The van der Waals surface area contributed by atoms with Gasteiger partial charge < -0.3 is 4.90 Å². The molecule has 0 spiro atoms. The fourth-order valence-electron chi connectivity index (χ4n) is 3.13. The van der Waals surface area contributed by atoms with Gasteiger partial charge in [0.25, 0.3) is 5.91 Å². The van der Waals surface area contributed by atoms with Gasteiger partial charge in [0, 0.05) is 29.5 Å². The minimum Gasteiger partial charge on any atom is -0.336 e. The molecule has 21 heavy (non-hydrogen) atoms. The number of piperidine rings is 1. The highest BCUT2D eigenvalue weighted by Gasteiger charge is 2.27. The topological polar surface area (TPSA) is 33.2 Å². The van der Waals surface area contributed by atoms with Gasteiger partial charge >= 0.3 is 0 Å². The average Bonchev–Trinajstić information content (AvgIpc) is 2.54. The smallest absolute Gasteiger partial charge is 0.256 e. The van der Waals surface area contributed by atoms with Crippen LogP contribution in [0.5, 0.6) is 0 Å². The number of likely N-dealkylation sites (tertiary alicyclic amines) is 1. The molecule has 0 bridgehead atoms. The third-order valence-corrected chi connectivity index (χ3v) is 4.65. The van der Waals surface area contributed by atoms with Gasteiger partial charge in [0.15, 0.2) is 0 Å². The summed E-state index contributed by atoms with van der Waals surface area (Å²) in [5.74, 6) is 0.130. The summed E-state index contributed by atoms with van der Waals surface area (Å²) in [6, 6.07) is 10.1. The van der Waals surface area contributed by atoms with Crippen LogP contribution in [0.4, 0.5) is 0 Å². The van der Waals surface area contributed by atoms with E-state index in [4.69, 9.17) is 0 Å². The quantitative estimate of drug-likeness (QED) is 0.786. The molecular weight excluding hydrogens is 328 g/mol. The van der Waals surface area contributed by atoms with Crippen LogP contribution in [-0.4, -0.2) is 33.7 Å². The van der Waals surface area contributed by atoms with E-state index in [1.807, 2.05) is 35.2 Å². The summed E-state index contributed by atoms with van der Waals surface area (Å²) >= 11 is 3.51. The van der Waals surface area contributed by atoms with Crippen LogP contribution in [0.25, 0.3) is 10.9 Å². The molecule has 0 aliphatic carbocycles. The Morgan fingerprint density at radius 2 is 2.14 bits per heavy atom. The monoisotopic (exact) mass is 346 g/mol. The Hall–Kier alpha value is -1.42. The van der Waals surface area contributed by atoms with Crippen molar-refractivity contribution in [2.45, 2.75) is 31.7 Å². The van der Waals surface area contributed by atoms with Crippen LogP contribution in [-0.2, 0) is 0 Å². The number of pyridine rings is 1. The van der Waals surface area contributed by atoms with Gasteiger partial charge in [0.05, 0.1) is 11.1 Å². The van der Waals surface area contributed by atoms with Gasteiger partial charge in [-0.15, -0.1) is 0 Å². The number of halogens is 1. The molecule has 1 aliphatic rings. The molecule has 1 aliphatic heterocycles. The molecule has 1 atom stereocenters. The van der Waals surface area contributed by atoms with E-state index >= 15 is 0 Å². The molecule has 2 aromatic rings. The predicted octanol–water partition coefficient (Wildman–Crippen LogP) is 4.01. The zero-order valence-electron chi connectivity index (χ0n) is 12.0. The molecule has 0 saturated carbocycles. The van der Waals surface area contributed by atoms with Gasteiger partial charge in [0.1, 0.15) is 0 Å². The number of para-hydroxylation sites is 1. The lowest BCUT2D eigenvalue weighted by molar-refractivity contribution is 0.0612. The second-order valence-corrected chi connectivity index (χ2v) is 6.30. The number of amides is 1. The third kappa shape index (κ3) is 2.95.